The van der Waals surface area contributed by atoms with Crippen LogP contribution in [0.5, 0.6) is 11.5 Å². The largest absolute Gasteiger partial charge is 0.508 e. The maximum atomic E-state index is 10.7. The van der Waals surface area contributed by atoms with Gasteiger partial charge in [0.1, 0.15) is 11.5 Å². The van der Waals surface area contributed by atoms with Crippen LogP contribution >= 0.6 is 0 Å². The molecule has 140 valence electrons. The summed E-state index contributed by atoms with van der Waals surface area (Å²) in [4.78, 5) is 0. The molecule has 0 fully saturated rings. The number of phenols is 2. The molecule has 0 amide bonds. The molecule has 3 heteroatoms. The van der Waals surface area contributed by atoms with E-state index in [0.717, 1.165) is 43.8 Å². The average molecular weight is 377 g/mol. The van der Waals surface area contributed by atoms with E-state index in [2.05, 4.69) is 42.0 Å². The molecule has 0 saturated heterocycles. The summed E-state index contributed by atoms with van der Waals surface area (Å²) in [6.07, 6.45) is 3.39. The van der Waals surface area contributed by atoms with Gasteiger partial charge in [-0.2, -0.15) is 0 Å². The van der Waals surface area contributed by atoms with Gasteiger partial charge in [-0.1, -0.05) is 61.7 Å². The van der Waals surface area contributed by atoms with Gasteiger partial charge in [0.2, 0.25) is 0 Å². The van der Waals surface area contributed by atoms with Crippen molar-refractivity contribution >= 4 is 44.7 Å². The van der Waals surface area contributed by atoms with E-state index >= 15 is 0 Å². The van der Waals surface area contributed by atoms with Crippen LogP contribution in [0.1, 0.15) is 11.1 Å². The average Bonchev–Trinajstić information content (AvgIpc) is 3.04. The summed E-state index contributed by atoms with van der Waals surface area (Å²) in [5.74, 6) is 0.339. The van der Waals surface area contributed by atoms with Crippen molar-refractivity contribution in [2.45, 2.75) is 0 Å². The molecule has 0 unspecified atom stereocenters. The molecular weight excluding hydrogens is 358 g/mol. The number of aromatic hydroxyl groups is 2. The molecule has 5 aromatic rings. The van der Waals surface area contributed by atoms with Gasteiger partial charge in [0.05, 0.1) is 16.7 Å². The van der Waals surface area contributed by atoms with Crippen molar-refractivity contribution in [3.8, 4) is 17.2 Å². The molecule has 0 atom stereocenters. The first-order valence-electron chi connectivity index (χ1n) is 9.40. The Labute approximate surface area is 168 Å². The van der Waals surface area contributed by atoms with Gasteiger partial charge >= 0.3 is 0 Å². The fraction of sp³-hybridized carbons (Fsp3) is 0. The fourth-order valence-electron chi connectivity index (χ4n) is 4.29. The third kappa shape index (κ3) is 2.38. The van der Waals surface area contributed by atoms with Crippen molar-refractivity contribution < 1.29 is 10.2 Å². The SMILES string of the molecule is C=Cc1c(O)cc2c(c1C=C)c1ccc(O)cc1n2-c1cccc2ccccc12. The lowest BCUT2D eigenvalue weighted by atomic mass is 9.99. The van der Waals surface area contributed by atoms with Crippen molar-refractivity contribution in [3.63, 3.8) is 0 Å². The van der Waals surface area contributed by atoms with Crippen LogP contribution in [-0.4, -0.2) is 14.8 Å². The Morgan fingerprint density at radius 2 is 1.48 bits per heavy atom. The van der Waals surface area contributed by atoms with Gasteiger partial charge in [0, 0.05) is 33.9 Å². The van der Waals surface area contributed by atoms with Crippen LogP contribution in [0.3, 0.4) is 0 Å². The molecule has 5 rings (SSSR count). The van der Waals surface area contributed by atoms with Crippen molar-refractivity contribution in [3.05, 3.63) is 91.0 Å². The Bertz CT molecular complexity index is 1450. The zero-order chi connectivity index (χ0) is 20.1. The van der Waals surface area contributed by atoms with Crippen LogP contribution in [0.25, 0.3) is 50.4 Å². The smallest absolute Gasteiger partial charge is 0.125 e. The highest BCUT2D eigenvalue weighted by atomic mass is 16.3. The Hall–Kier alpha value is -3.98. The van der Waals surface area contributed by atoms with E-state index in [1.165, 1.54) is 0 Å². The first kappa shape index (κ1) is 17.1. The maximum Gasteiger partial charge on any atom is 0.125 e. The number of benzene rings is 4. The lowest BCUT2D eigenvalue weighted by molar-refractivity contribution is 0.474. The Kier molecular flexibility index (Phi) is 3.71. The van der Waals surface area contributed by atoms with E-state index in [9.17, 15) is 10.2 Å². The van der Waals surface area contributed by atoms with Gasteiger partial charge < -0.3 is 14.8 Å². The molecule has 2 N–H and O–H groups in total. The quantitative estimate of drug-likeness (QED) is 0.370. The van der Waals surface area contributed by atoms with Gasteiger partial charge in [-0.15, -0.1) is 0 Å². The zero-order valence-electron chi connectivity index (χ0n) is 15.8. The molecule has 1 aromatic heterocycles. The van der Waals surface area contributed by atoms with Crippen LogP contribution < -0.4 is 0 Å². The Morgan fingerprint density at radius 1 is 0.724 bits per heavy atom. The van der Waals surface area contributed by atoms with E-state index in [4.69, 9.17) is 0 Å². The molecule has 0 bridgehead atoms. The highest BCUT2D eigenvalue weighted by Crippen LogP contribution is 2.41. The van der Waals surface area contributed by atoms with Crippen molar-refractivity contribution in [2.75, 3.05) is 0 Å². The summed E-state index contributed by atoms with van der Waals surface area (Å²) in [5, 5.41) is 25.1. The van der Waals surface area contributed by atoms with Gasteiger partial charge in [-0.25, -0.2) is 0 Å². The van der Waals surface area contributed by atoms with Crippen molar-refractivity contribution in [1.82, 2.24) is 4.57 Å². The number of phenolic OH excluding ortho intramolecular Hbond substituents is 2. The molecular formula is C26H19NO2. The van der Waals surface area contributed by atoms with Gasteiger partial charge in [-0.3, -0.25) is 0 Å². The summed E-state index contributed by atoms with van der Waals surface area (Å²) in [6.45, 7) is 7.82. The molecule has 0 aliphatic carbocycles. The van der Waals surface area contributed by atoms with E-state index < -0.39 is 0 Å². The molecule has 0 saturated carbocycles. The van der Waals surface area contributed by atoms with Gasteiger partial charge in [0.25, 0.3) is 0 Å². The summed E-state index contributed by atoms with van der Waals surface area (Å²) in [6, 6.07) is 21.4. The second-order valence-electron chi connectivity index (χ2n) is 7.06. The number of rotatable bonds is 3. The molecule has 0 aliphatic rings. The molecule has 0 radical (unpaired) electrons. The fourth-order valence-corrected chi connectivity index (χ4v) is 4.29. The van der Waals surface area contributed by atoms with E-state index in [1.54, 1.807) is 30.4 Å². The van der Waals surface area contributed by atoms with Crippen molar-refractivity contribution in [1.29, 1.82) is 0 Å². The minimum atomic E-state index is 0.149. The predicted molar refractivity (Wildman–Crippen MR) is 122 cm³/mol. The van der Waals surface area contributed by atoms with E-state index in [0.29, 0.717) is 5.56 Å². The molecule has 4 aromatic carbocycles. The Morgan fingerprint density at radius 3 is 2.28 bits per heavy atom. The minimum absolute atomic E-state index is 0.149. The van der Waals surface area contributed by atoms with Crippen LogP contribution in [-0.2, 0) is 0 Å². The van der Waals surface area contributed by atoms with E-state index in [1.807, 2.05) is 24.3 Å². The standard InChI is InChI=1S/C26H19NO2/c1-3-18-19(4-2)26-21-13-12-17(28)14-23(21)27(24(26)15-25(18)29)22-11-7-9-16-8-5-6-10-20(16)22/h3-15,28-29H,1-2H2. The van der Waals surface area contributed by atoms with Crippen LogP contribution in [0.2, 0.25) is 0 Å². The number of hydrogen-bond acceptors (Lipinski definition) is 2. The van der Waals surface area contributed by atoms with Gasteiger partial charge in [-0.05, 0) is 29.1 Å². The summed E-state index contributed by atoms with van der Waals surface area (Å²) >= 11 is 0. The first-order chi connectivity index (χ1) is 14.1. The lowest BCUT2D eigenvalue weighted by Crippen LogP contribution is -1.96. The molecule has 29 heavy (non-hydrogen) atoms. The highest BCUT2D eigenvalue weighted by molar-refractivity contribution is 6.15. The third-order valence-electron chi connectivity index (χ3n) is 5.51. The molecule has 0 spiro atoms. The van der Waals surface area contributed by atoms with Gasteiger partial charge in [0.15, 0.2) is 0 Å². The van der Waals surface area contributed by atoms with Crippen LogP contribution in [0.15, 0.2) is 79.9 Å². The zero-order valence-corrected chi connectivity index (χ0v) is 15.8. The summed E-state index contributed by atoms with van der Waals surface area (Å²) < 4.78 is 2.09. The molecule has 1 heterocycles. The number of nitrogens with zero attached hydrogens (tertiary/aromatic N) is 1. The topological polar surface area (TPSA) is 45.4 Å². The summed E-state index contributed by atoms with van der Waals surface area (Å²) in [5.41, 5.74) is 4.16. The Balaban J connectivity index is 2.07. The van der Waals surface area contributed by atoms with Crippen LogP contribution in [0.4, 0.5) is 0 Å². The molecule has 0 aliphatic heterocycles. The third-order valence-corrected chi connectivity index (χ3v) is 5.51. The number of aromatic nitrogens is 1. The number of hydrogen-bond donors (Lipinski definition) is 2. The minimum Gasteiger partial charge on any atom is -0.508 e. The summed E-state index contributed by atoms with van der Waals surface area (Å²) in [7, 11) is 0. The number of fused-ring (bicyclic) bond motifs is 4. The van der Waals surface area contributed by atoms with Crippen LogP contribution in [0, 0.1) is 0 Å². The maximum absolute atomic E-state index is 10.7. The normalized spacial score (nSPS) is 11.3. The highest BCUT2D eigenvalue weighted by Gasteiger charge is 2.19. The predicted octanol–water partition coefficient (Wildman–Crippen LogP) is 6.63. The second kappa shape index (κ2) is 6.28. The lowest BCUT2D eigenvalue weighted by Gasteiger charge is -2.13. The molecule has 3 nitrogen and oxygen atoms in total. The second-order valence-corrected chi connectivity index (χ2v) is 7.06. The van der Waals surface area contributed by atoms with E-state index in [-0.39, 0.29) is 11.5 Å². The van der Waals surface area contributed by atoms with Crippen molar-refractivity contribution in [2.24, 2.45) is 0 Å². The monoisotopic (exact) mass is 377 g/mol. The first-order valence-corrected chi connectivity index (χ1v) is 9.40.